The maximum atomic E-state index is 9.21. The molecule has 1 unspecified atom stereocenters. The number of aliphatic hydroxyl groups is 1. The number of ether oxygens (including phenoxy) is 1. The maximum Gasteiger partial charge on any atom is 0.123 e. The van der Waals surface area contributed by atoms with E-state index < -0.39 is 0 Å². The van der Waals surface area contributed by atoms with Crippen molar-refractivity contribution in [1.82, 2.24) is 4.90 Å². The number of hydrogen-bond donors (Lipinski definition) is 1. The van der Waals surface area contributed by atoms with E-state index >= 15 is 0 Å². The smallest absolute Gasteiger partial charge is 0.123 e. The molecule has 1 atom stereocenters. The van der Waals surface area contributed by atoms with Gasteiger partial charge in [0.2, 0.25) is 0 Å². The van der Waals surface area contributed by atoms with Gasteiger partial charge in [-0.2, -0.15) is 0 Å². The minimum Gasteiger partial charge on any atom is -0.488 e. The molecule has 1 aliphatic heterocycles. The van der Waals surface area contributed by atoms with Crippen molar-refractivity contribution in [2.24, 2.45) is 0 Å². The van der Waals surface area contributed by atoms with Gasteiger partial charge in [-0.25, -0.2) is 0 Å². The Balaban J connectivity index is 1.62. The fraction of sp³-hybridized carbons (Fsp3) is 0.625. The molecule has 19 heavy (non-hydrogen) atoms. The largest absolute Gasteiger partial charge is 0.488 e. The molecular weight excluding hydrogens is 238 g/mol. The second kappa shape index (κ2) is 5.51. The molecule has 3 rings (SSSR count). The maximum absolute atomic E-state index is 9.21. The average Bonchev–Trinajstić information content (AvgIpc) is 2.68. The monoisotopic (exact) mass is 261 g/mol. The Morgan fingerprint density at radius 3 is 2.89 bits per heavy atom. The summed E-state index contributed by atoms with van der Waals surface area (Å²) >= 11 is 0. The summed E-state index contributed by atoms with van der Waals surface area (Å²) in [6.07, 6.45) is 5.14. The molecule has 0 aromatic heterocycles. The zero-order valence-corrected chi connectivity index (χ0v) is 11.6. The average molecular weight is 261 g/mol. The number of hydrogen-bond acceptors (Lipinski definition) is 3. The zero-order chi connectivity index (χ0) is 13.2. The van der Waals surface area contributed by atoms with Gasteiger partial charge in [-0.05, 0) is 31.4 Å². The molecule has 1 aromatic rings. The second-order valence-electron chi connectivity index (χ2n) is 5.86. The van der Waals surface area contributed by atoms with Crippen LogP contribution in [0.2, 0.25) is 0 Å². The van der Waals surface area contributed by atoms with Crippen LogP contribution in [-0.2, 0) is 6.42 Å². The summed E-state index contributed by atoms with van der Waals surface area (Å²) in [5.74, 6) is 1.05. The van der Waals surface area contributed by atoms with Crippen LogP contribution in [0.25, 0.3) is 0 Å². The molecule has 2 aliphatic rings. The third kappa shape index (κ3) is 2.77. The zero-order valence-electron chi connectivity index (χ0n) is 11.6. The van der Waals surface area contributed by atoms with Crippen LogP contribution in [0.3, 0.4) is 0 Å². The molecule has 0 amide bonds. The highest BCUT2D eigenvalue weighted by Crippen LogP contribution is 2.31. The molecule has 1 saturated carbocycles. The van der Waals surface area contributed by atoms with E-state index in [2.05, 4.69) is 30.0 Å². The SMILES string of the molecule is Cc1ccc2c(c1)CC(CN(CCO)C1CCC1)O2. The molecule has 1 aromatic carbocycles. The number of benzene rings is 1. The summed E-state index contributed by atoms with van der Waals surface area (Å²) in [6.45, 7) is 4.09. The Morgan fingerprint density at radius 1 is 1.37 bits per heavy atom. The minimum absolute atomic E-state index is 0.245. The van der Waals surface area contributed by atoms with Gasteiger partial charge in [-0.3, -0.25) is 4.90 Å². The molecule has 1 aliphatic carbocycles. The molecule has 0 radical (unpaired) electrons. The molecule has 3 nitrogen and oxygen atoms in total. The predicted molar refractivity (Wildman–Crippen MR) is 75.6 cm³/mol. The Labute approximate surface area is 115 Å². The Morgan fingerprint density at radius 2 is 2.21 bits per heavy atom. The van der Waals surface area contributed by atoms with Crippen LogP contribution in [0, 0.1) is 6.92 Å². The van der Waals surface area contributed by atoms with Gasteiger partial charge in [0, 0.05) is 25.6 Å². The van der Waals surface area contributed by atoms with Crippen LogP contribution in [0.1, 0.15) is 30.4 Å². The van der Waals surface area contributed by atoms with E-state index in [9.17, 15) is 5.11 Å². The third-order valence-corrected chi connectivity index (χ3v) is 4.37. The van der Waals surface area contributed by atoms with E-state index in [-0.39, 0.29) is 12.7 Å². The van der Waals surface area contributed by atoms with Crippen molar-refractivity contribution in [3.8, 4) is 5.75 Å². The molecule has 1 heterocycles. The van der Waals surface area contributed by atoms with Crippen LogP contribution < -0.4 is 4.74 Å². The fourth-order valence-electron chi connectivity index (χ4n) is 3.12. The van der Waals surface area contributed by atoms with E-state index in [0.717, 1.165) is 25.3 Å². The van der Waals surface area contributed by atoms with Gasteiger partial charge in [0.15, 0.2) is 0 Å². The van der Waals surface area contributed by atoms with Crippen molar-refractivity contribution >= 4 is 0 Å². The first kappa shape index (κ1) is 12.9. The summed E-state index contributed by atoms with van der Waals surface area (Å²) in [5, 5.41) is 9.21. The minimum atomic E-state index is 0.245. The van der Waals surface area contributed by atoms with Crippen LogP contribution in [-0.4, -0.2) is 41.8 Å². The van der Waals surface area contributed by atoms with Crippen molar-refractivity contribution in [3.63, 3.8) is 0 Å². The normalized spacial score (nSPS) is 22.2. The first-order chi connectivity index (χ1) is 9.26. The topological polar surface area (TPSA) is 32.7 Å². The Kier molecular flexibility index (Phi) is 3.76. The van der Waals surface area contributed by atoms with Crippen molar-refractivity contribution < 1.29 is 9.84 Å². The Bertz CT molecular complexity index is 442. The van der Waals surface area contributed by atoms with Crippen molar-refractivity contribution in [1.29, 1.82) is 0 Å². The van der Waals surface area contributed by atoms with E-state index in [0.29, 0.717) is 6.04 Å². The summed E-state index contributed by atoms with van der Waals surface area (Å²) in [4.78, 5) is 2.41. The number of rotatable bonds is 5. The Hall–Kier alpha value is -1.06. The molecule has 1 N–H and O–H groups in total. The molecule has 0 saturated heterocycles. The van der Waals surface area contributed by atoms with Gasteiger partial charge in [-0.15, -0.1) is 0 Å². The lowest BCUT2D eigenvalue weighted by Gasteiger charge is -2.38. The number of fused-ring (bicyclic) bond motifs is 1. The predicted octanol–water partition coefficient (Wildman–Crippen LogP) is 2.15. The van der Waals surface area contributed by atoms with Gasteiger partial charge in [-0.1, -0.05) is 24.1 Å². The lowest BCUT2D eigenvalue weighted by molar-refractivity contribution is 0.0630. The summed E-state index contributed by atoms with van der Waals surface area (Å²) in [6, 6.07) is 7.10. The first-order valence-corrected chi connectivity index (χ1v) is 7.37. The van der Waals surface area contributed by atoms with Crippen LogP contribution >= 0.6 is 0 Å². The highest BCUT2D eigenvalue weighted by Gasteiger charge is 2.30. The van der Waals surface area contributed by atoms with Gasteiger partial charge in [0.1, 0.15) is 11.9 Å². The van der Waals surface area contributed by atoms with Gasteiger partial charge in [0.05, 0.1) is 6.61 Å². The molecular formula is C16H23NO2. The third-order valence-electron chi connectivity index (χ3n) is 4.37. The standard InChI is InChI=1S/C16H23NO2/c1-12-5-6-16-13(9-12)10-15(19-16)11-17(7-8-18)14-3-2-4-14/h5-6,9,14-15,18H,2-4,7-8,10-11H2,1H3. The summed E-state index contributed by atoms with van der Waals surface area (Å²) < 4.78 is 6.03. The number of nitrogens with zero attached hydrogens (tertiary/aromatic N) is 1. The molecule has 0 bridgehead atoms. The number of aryl methyl sites for hydroxylation is 1. The molecule has 1 fully saturated rings. The quantitative estimate of drug-likeness (QED) is 0.881. The van der Waals surface area contributed by atoms with E-state index in [1.165, 1.54) is 30.4 Å². The molecule has 0 spiro atoms. The van der Waals surface area contributed by atoms with Crippen LogP contribution in [0.4, 0.5) is 0 Å². The van der Waals surface area contributed by atoms with Crippen LogP contribution in [0.5, 0.6) is 5.75 Å². The second-order valence-corrected chi connectivity index (χ2v) is 5.86. The molecule has 3 heteroatoms. The molecule has 104 valence electrons. The van der Waals surface area contributed by atoms with E-state index in [1.54, 1.807) is 0 Å². The van der Waals surface area contributed by atoms with Gasteiger partial charge >= 0.3 is 0 Å². The van der Waals surface area contributed by atoms with E-state index in [4.69, 9.17) is 4.74 Å². The highest BCUT2D eigenvalue weighted by molar-refractivity contribution is 5.40. The van der Waals surface area contributed by atoms with Crippen molar-refractivity contribution in [2.45, 2.75) is 44.8 Å². The van der Waals surface area contributed by atoms with Gasteiger partial charge < -0.3 is 9.84 Å². The van der Waals surface area contributed by atoms with Crippen molar-refractivity contribution in [3.05, 3.63) is 29.3 Å². The fourth-order valence-corrected chi connectivity index (χ4v) is 3.12. The summed E-state index contributed by atoms with van der Waals surface area (Å²) in [5.41, 5.74) is 2.64. The van der Waals surface area contributed by atoms with Crippen LogP contribution in [0.15, 0.2) is 18.2 Å². The first-order valence-electron chi connectivity index (χ1n) is 7.37. The van der Waals surface area contributed by atoms with Gasteiger partial charge in [0.25, 0.3) is 0 Å². The number of aliphatic hydroxyl groups excluding tert-OH is 1. The lowest BCUT2D eigenvalue weighted by Crippen LogP contribution is -2.46. The van der Waals surface area contributed by atoms with Crippen molar-refractivity contribution in [2.75, 3.05) is 19.7 Å². The summed E-state index contributed by atoms with van der Waals surface area (Å²) in [7, 11) is 0. The van der Waals surface area contributed by atoms with E-state index in [1.807, 2.05) is 0 Å². The lowest BCUT2D eigenvalue weighted by atomic mass is 9.91. The highest BCUT2D eigenvalue weighted by atomic mass is 16.5.